The van der Waals surface area contributed by atoms with Gasteiger partial charge in [0.1, 0.15) is 18.8 Å². The first kappa shape index (κ1) is 31.9. The monoisotopic (exact) mass is 568 g/mol. The van der Waals surface area contributed by atoms with Gasteiger partial charge in [-0.2, -0.15) is 4.79 Å². The number of carbonyl (C=O) groups is 4. The molecular weight excluding hydrogens is 526 g/mol. The number of piperazine rings is 1. The topological polar surface area (TPSA) is 120 Å². The summed E-state index contributed by atoms with van der Waals surface area (Å²) < 4.78 is 10.5. The third-order valence-electron chi connectivity index (χ3n) is 6.81. The number of imide groups is 1. The molecule has 0 spiro atoms. The van der Waals surface area contributed by atoms with E-state index >= 15 is 0 Å². The summed E-state index contributed by atoms with van der Waals surface area (Å²) in [5, 5.41) is 3.12. The molecule has 3 rings (SSSR count). The number of hydrogen-bond donors (Lipinski definition) is 2. The second-order valence-electron chi connectivity index (χ2n) is 11.2. The number of hydroxylamine groups is 1. The van der Waals surface area contributed by atoms with Gasteiger partial charge in [0.15, 0.2) is 0 Å². The molecule has 1 aliphatic rings. The maximum atomic E-state index is 14.4. The summed E-state index contributed by atoms with van der Waals surface area (Å²) in [6, 6.07) is 17.3. The summed E-state index contributed by atoms with van der Waals surface area (Å²) in [5.74, 6) is -2.57. The van der Waals surface area contributed by atoms with Crippen LogP contribution in [0.3, 0.4) is 0 Å². The first-order chi connectivity index (χ1) is 19.6. The van der Waals surface area contributed by atoms with E-state index in [9.17, 15) is 19.2 Å². The summed E-state index contributed by atoms with van der Waals surface area (Å²) in [6.45, 7) is 7.52. The average molecular weight is 569 g/mol. The molecule has 10 nitrogen and oxygen atoms in total. The lowest BCUT2D eigenvalue weighted by Gasteiger charge is -2.42. The number of nitrogens with zero attached hydrogens (tertiary/aromatic N) is 1. The van der Waals surface area contributed by atoms with Crippen LogP contribution in [0.2, 0.25) is 0 Å². The largest absolute Gasteiger partial charge is 0.524 e. The van der Waals surface area contributed by atoms with Crippen molar-refractivity contribution in [2.45, 2.75) is 71.8 Å². The average Bonchev–Trinajstić information content (AvgIpc) is 2.95. The molecule has 2 aromatic carbocycles. The van der Waals surface area contributed by atoms with Crippen molar-refractivity contribution in [3.8, 4) is 0 Å². The quantitative estimate of drug-likeness (QED) is 0.237. The number of rotatable bonds is 11. The first-order valence-electron chi connectivity index (χ1n) is 14.1. The SMILES string of the molecule is CCC[C@@H](CC(=O)NOCc1ccccc1)C(=O)[N@@+]1(C(=O)OC(C)(C)C)CCNCC1C(=O)OCc1ccccc1. The van der Waals surface area contributed by atoms with E-state index < -0.39 is 45.9 Å². The minimum absolute atomic E-state index is 0.00176. The van der Waals surface area contributed by atoms with Gasteiger partial charge in [-0.05, 0) is 38.3 Å². The van der Waals surface area contributed by atoms with Gasteiger partial charge in [-0.3, -0.25) is 9.63 Å². The Morgan fingerprint density at radius 3 is 2.17 bits per heavy atom. The third-order valence-corrected chi connectivity index (χ3v) is 6.81. The van der Waals surface area contributed by atoms with Gasteiger partial charge in [-0.1, -0.05) is 74.0 Å². The van der Waals surface area contributed by atoms with Crippen LogP contribution >= 0.6 is 0 Å². The van der Waals surface area contributed by atoms with E-state index in [-0.39, 0.29) is 32.7 Å². The first-order valence-corrected chi connectivity index (χ1v) is 14.1. The number of quaternary nitrogens is 1. The minimum atomic E-state index is -1.17. The van der Waals surface area contributed by atoms with Gasteiger partial charge in [0.2, 0.25) is 11.9 Å². The van der Waals surface area contributed by atoms with Crippen LogP contribution in [0.4, 0.5) is 4.79 Å². The normalized spacial score (nSPS) is 19.6. The smallest absolute Gasteiger partial charge is 0.456 e. The van der Waals surface area contributed by atoms with E-state index in [2.05, 4.69) is 10.8 Å². The molecule has 1 heterocycles. The molecule has 0 radical (unpaired) electrons. The molecule has 1 aliphatic heterocycles. The maximum absolute atomic E-state index is 14.4. The van der Waals surface area contributed by atoms with Crippen LogP contribution in [-0.2, 0) is 41.9 Å². The molecule has 2 N–H and O–H groups in total. The highest BCUT2D eigenvalue weighted by Crippen LogP contribution is 2.30. The Morgan fingerprint density at radius 2 is 1.59 bits per heavy atom. The van der Waals surface area contributed by atoms with Gasteiger partial charge in [0.05, 0.1) is 19.1 Å². The number of carbonyl (C=O) groups excluding carboxylic acids is 4. The molecule has 3 atom stereocenters. The molecule has 0 aromatic heterocycles. The summed E-state index contributed by atoms with van der Waals surface area (Å²) >= 11 is 0. The van der Waals surface area contributed by atoms with Gasteiger partial charge in [0, 0.05) is 13.0 Å². The van der Waals surface area contributed by atoms with Crippen molar-refractivity contribution in [3.63, 3.8) is 0 Å². The predicted octanol–water partition coefficient (Wildman–Crippen LogP) is 4.03. The zero-order valence-electron chi connectivity index (χ0n) is 24.4. The van der Waals surface area contributed by atoms with E-state index in [1.165, 1.54) is 0 Å². The Kier molecular flexibility index (Phi) is 11.6. The predicted molar refractivity (Wildman–Crippen MR) is 152 cm³/mol. The van der Waals surface area contributed by atoms with Gasteiger partial charge >= 0.3 is 18.0 Å². The lowest BCUT2D eigenvalue weighted by atomic mass is 9.94. The maximum Gasteiger partial charge on any atom is 0.524 e. The summed E-state index contributed by atoms with van der Waals surface area (Å²) in [7, 11) is 0. The lowest BCUT2D eigenvalue weighted by Crippen LogP contribution is -2.74. The molecule has 41 heavy (non-hydrogen) atoms. The van der Waals surface area contributed by atoms with Crippen molar-refractivity contribution < 1.29 is 38.0 Å². The second-order valence-corrected chi connectivity index (χ2v) is 11.2. The molecular formula is C31H42N3O7+. The standard InChI is InChI=1S/C31H41N3O7/c1-5-12-25(19-27(35)33-40-22-24-15-10-7-11-16-24)28(36)34(30(38)41-31(2,3)4)18-17-32-20-26(34)29(37)39-21-23-13-8-6-9-14-23/h6-11,13-16,25-26,32H,5,12,17-22H2,1-4H3/p+1/t25-,26?,34+/m0/s1. The van der Waals surface area contributed by atoms with Crippen LogP contribution in [0.25, 0.3) is 0 Å². The fourth-order valence-corrected chi connectivity index (χ4v) is 4.84. The Morgan fingerprint density at radius 1 is 0.976 bits per heavy atom. The fourth-order valence-electron chi connectivity index (χ4n) is 4.84. The summed E-state index contributed by atoms with van der Waals surface area (Å²) in [5.41, 5.74) is 3.16. The van der Waals surface area contributed by atoms with Crippen LogP contribution in [0.15, 0.2) is 60.7 Å². The number of benzene rings is 2. The highest BCUT2D eigenvalue weighted by Gasteiger charge is 2.60. The lowest BCUT2D eigenvalue weighted by molar-refractivity contribution is -0.806. The van der Waals surface area contributed by atoms with Crippen LogP contribution in [-0.4, -0.2) is 59.6 Å². The molecule has 1 fully saturated rings. The van der Waals surface area contributed by atoms with Crippen LogP contribution in [0.1, 0.15) is 58.1 Å². The number of amides is 3. The molecule has 1 saturated heterocycles. The van der Waals surface area contributed by atoms with E-state index in [4.69, 9.17) is 14.3 Å². The molecule has 1 unspecified atom stereocenters. The number of nitrogens with one attached hydrogen (secondary N) is 2. The van der Waals surface area contributed by atoms with E-state index in [0.717, 1.165) is 11.1 Å². The molecule has 0 saturated carbocycles. The van der Waals surface area contributed by atoms with Crippen molar-refractivity contribution >= 4 is 23.9 Å². The summed E-state index contributed by atoms with van der Waals surface area (Å²) in [6.07, 6.45) is -0.104. The molecule has 222 valence electrons. The van der Waals surface area contributed by atoms with Crippen molar-refractivity contribution in [1.82, 2.24) is 10.8 Å². The van der Waals surface area contributed by atoms with Crippen molar-refractivity contribution in [3.05, 3.63) is 71.8 Å². The van der Waals surface area contributed by atoms with Gasteiger partial charge in [-0.25, -0.2) is 15.1 Å². The second kappa shape index (κ2) is 14.9. The van der Waals surface area contributed by atoms with Crippen molar-refractivity contribution in [2.24, 2.45) is 5.92 Å². The van der Waals surface area contributed by atoms with Crippen LogP contribution in [0, 0.1) is 5.92 Å². The summed E-state index contributed by atoms with van der Waals surface area (Å²) in [4.78, 5) is 60.0. The van der Waals surface area contributed by atoms with E-state index in [1.807, 2.05) is 67.6 Å². The molecule has 3 amide bonds. The Hall–Kier alpha value is -3.60. The molecule has 10 heteroatoms. The van der Waals surface area contributed by atoms with Crippen LogP contribution < -0.4 is 10.8 Å². The van der Waals surface area contributed by atoms with Crippen molar-refractivity contribution in [2.75, 3.05) is 19.6 Å². The minimum Gasteiger partial charge on any atom is -0.456 e. The Balaban J connectivity index is 1.84. The Bertz CT molecular complexity index is 1170. The Labute approximate surface area is 241 Å². The number of hydrogen-bond acceptors (Lipinski definition) is 8. The third kappa shape index (κ3) is 8.94. The van der Waals surface area contributed by atoms with E-state index in [0.29, 0.717) is 19.4 Å². The van der Waals surface area contributed by atoms with Gasteiger partial charge in [-0.15, -0.1) is 4.48 Å². The zero-order valence-corrected chi connectivity index (χ0v) is 24.4. The number of esters is 1. The molecule has 0 aliphatic carbocycles. The number of ether oxygens (including phenoxy) is 2. The molecule has 0 bridgehead atoms. The van der Waals surface area contributed by atoms with Gasteiger partial charge in [0.25, 0.3) is 0 Å². The van der Waals surface area contributed by atoms with Crippen LogP contribution in [0.5, 0.6) is 0 Å². The highest BCUT2D eigenvalue weighted by atomic mass is 16.6. The molecule has 2 aromatic rings. The highest BCUT2D eigenvalue weighted by molar-refractivity contribution is 5.90. The van der Waals surface area contributed by atoms with E-state index in [1.54, 1.807) is 20.8 Å². The van der Waals surface area contributed by atoms with Crippen molar-refractivity contribution in [1.29, 1.82) is 0 Å². The zero-order chi connectivity index (χ0) is 29.9. The van der Waals surface area contributed by atoms with Gasteiger partial charge < -0.3 is 14.8 Å². The fraction of sp³-hybridized carbons (Fsp3) is 0.484.